The van der Waals surface area contributed by atoms with Gasteiger partial charge in [0.25, 0.3) is 5.91 Å². The molecule has 5 heteroatoms. The second-order valence-electron chi connectivity index (χ2n) is 6.01. The van der Waals surface area contributed by atoms with Gasteiger partial charge in [-0.2, -0.15) is 0 Å². The van der Waals surface area contributed by atoms with Crippen LogP contribution in [0.15, 0.2) is 48.7 Å². The second-order valence-corrected chi connectivity index (χ2v) is 6.01. The predicted molar refractivity (Wildman–Crippen MR) is 92.3 cm³/mol. The van der Waals surface area contributed by atoms with Crippen LogP contribution in [-0.2, 0) is 22.6 Å². The first-order valence-corrected chi connectivity index (χ1v) is 8.29. The second kappa shape index (κ2) is 8.04. The van der Waals surface area contributed by atoms with Crippen molar-refractivity contribution in [1.29, 1.82) is 0 Å². The summed E-state index contributed by atoms with van der Waals surface area (Å²) in [6, 6.07) is 14.0. The molecule has 1 amide bonds. The molecule has 5 nitrogen and oxygen atoms in total. The number of nitrogens with zero attached hydrogens (tertiary/aromatic N) is 2. The standard InChI is InChI=1S/C19H23N3O2/c1-15-6-5-9-21-17(15)14-22(13-16-7-3-2-4-8-16)19(23)18-12-20-10-11-24-18/h2-9,18,20H,10-14H2,1H3. The molecule has 1 atom stereocenters. The number of aryl methyl sites for hydroxylation is 1. The molecule has 2 heterocycles. The number of pyridine rings is 1. The van der Waals surface area contributed by atoms with E-state index in [2.05, 4.69) is 10.3 Å². The zero-order valence-electron chi connectivity index (χ0n) is 13.9. The van der Waals surface area contributed by atoms with Crippen molar-refractivity contribution >= 4 is 5.91 Å². The van der Waals surface area contributed by atoms with Crippen LogP contribution in [0.1, 0.15) is 16.8 Å². The van der Waals surface area contributed by atoms with E-state index in [1.54, 1.807) is 6.20 Å². The molecule has 24 heavy (non-hydrogen) atoms. The molecule has 1 unspecified atom stereocenters. The summed E-state index contributed by atoms with van der Waals surface area (Å²) in [6.07, 6.45) is 1.35. The SMILES string of the molecule is Cc1cccnc1CN(Cc1ccccc1)C(=O)C1CNCCO1. The van der Waals surface area contributed by atoms with Crippen LogP contribution in [0.3, 0.4) is 0 Å². The summed E-state index contributed by atoms with van der Waals surface area (Å²) in [5, 5.41) is 3.22. The van der Waals surface area contributed by atoms with E-state index >= 15 is 0 Å². The molecule has 0 aliphatic carbocycles. The summed E-state index contributed by atoms with van der Waals surface area (Å²) in [4.78, 5) is 19.2. The largest absolute Gasteiger partial charge is 0.366 e. The molecule has 1 aromatic heterocycles. The fraction of sp³-hybridized carbons (Fsp3) is 0.368. The van der Waals surface area contributed by atoms with E-state index in [0.29, 0.717) is 26.2 Å². The number of ether oxygens (including phenoxy) is 1. The van der Waals surface area contributed by atoms with Gasteiger partial charge in [-0.25, -0.2) is 0 Å². The van der Waals surface area contributed by atoms with Crippen molar-refractivity contribution in [1.82, 2.24) is 15.2 Å². The third kappa shape index (κ3) is 4.19. The summed E-state index contributed by atoms with van der Waals surface area (Å²) >= 11 is 0. The fourth-order valence-corrected chi connectivity index (χ4v) is 2.81. The smallest absolute Gasteiger partial charge is 0.253 e. The van der Waals surface area contributed by atoms with Crippen molar-refractivity contribution < 1.29 is 9.53 Å². The molecule has 0 bridgehead atoms. The molecule has 1 saturated heterocycles. The average molecular weight is 325 g/mol. The van der Waals surface area contributed by atoms with Crippen molar-refractivity contribution in [2.75, 3.05) is 19.7 Å². The molecular formula is C19H23N3O2. The van der Waals surface area contributed by atoms with Crippen molar-refractivity contribution in [3.63, 3.8) is 0 Å². The Hall–Kier alpha value is -2.24. The molecule has 0 radical (unpaired) electrons. The topological polar surface area (TPSA) is 54.5 Å². The lowest BCUT2D eigenvalue weighted by atomic mass is 10.1. The third-order valence-corrected chi connectivity index (χ3v) is 4.19. The van der Waals surface area contributed by atoms with E-state index in [0.717, 1.165) is 23.4 Å². The minimum Gasteiger partial charge on any atom is -0.366 e. The summed E-state index contributed by atoms with van der Waals surface area (Å²) < 4.78 is 5.65. The van der Waals surface area contributed by atoms with E-state index in [9.17, 15) is 4.79 Å². The van der Waals surface area contributed by atoms with E-state index in [1.807, 2.05) is 54.3 Å². The maximum atomic E-state index is 13.0. The number of carbonyl (C=O) groups is 1. The van der Waals surface area contributed by atoms with Crippen LogP contribution < -0.4 is 5.32 Å². The number of amides is 1. The van der Waals surface area contributed by atoms with Gasteiger partial charge in [0.1, 0.15) is 6.10 Å². The number of nitrogens with one attached hydrogen (secondary N) is 1. The number of rotatable bonds is 5. The van der Waals surface area contributed by atoms with Gasteiger partial charge in [-0.05, 0) is 24.1 Å². The van der Waals surface area contributed by atoms with E-state index in [1.165, 1.54) is 0 Å². The van der Waals surface area contributed by atoms with E-state index < -0.39 is 6.10 Å². The number of hydrogen-bond donors (Lipinski definition) is 1. The monoisotopic (exact) mass is 325 g/mol. The van der Waals surface area contributed by atoms with Crippen molar-refractivity contribution in [2.24, 2.45) is 0 Å². The number of morpholine rings is 1. The van der Waals surface area contributed by atoms with Crippen LogP contribution >= 0.6 is 0 Å². The van der Waals surface area contributed by atoms with Gasteiger partial charge in [-0.1, -0.05) is 36.4 Å². The van der Waals surface area contributed by atoms with E-state index in [4.69, 9.17) is 4.74 Å². The van der Waals surface area contributed by atoms with Gasteiger partial charge in [0, 0.05) is 25.8 Å². The number of carbonyl (C=O) groups excluding carboxylic acids is 1. The van der Waals surface area contributed by atoms with Gasteiger partial charge in [0.05, 0.1) is 18.8 Å². The number of benzene rings is 1. The van der Waals surface area contributed by atoms with Gasteiger partial charge in [0.15, 0.2) is 0 Å². The molecule has 0 spiro atoms. The molecule has 1 N–H and O–H groups in total. The van der Waals surface area contributed by atoms with Crippen molar-refractivity contribution in [3.8, 4) is 0 Å². The Morgan fingerprint density at radius 1 is 1.25 bits per heavy atom. The zero-order chi connectivity index (χ0) is 16.8. The lowest BCUT2D eigenvalue weighted by Crippen LogP contribution is -2.49. The maximum absolute atomic E-state index is 13.0. The van der Waals surface area contributed by atoms with Crippen LogP contribution in [0.2, 0.25) is 0 Å². The molecule has 2 aromatic rings. The summed E-state index contributed by atoms with van der Waals surface area (Å²) in [6.45, 7) is 4.98. The Morgan fingerprint density at radius 3 is 2.79 bits per heavy atom. The van der Waals surface area contributed by atoms with Crippen LogP contribution in [0, 0.1) is 6.92 Å². The number of hydrogen-bond acceptors (Lipinski definition) is 4. The first-order valence-electron chi connectivity index (χ1n) is 8.29. The van der Waals surface area contributed by atoms with Crippen molar-refractivity contribution in [2.45, 2.75) is 26.1 Å². The molecule has 1 aliphatic heterocycles. The fourth-order valence-electron chi connectivity index (χ4n) is 2.81. The molecule has 1 aromatic carbocycles. The summed E-state index contributed by atoms with van der Waals surface area (Å²) in [5.74, 6) is 0.0103. The van der Waals surface area contributed by atoms with Gasteiger partial charge >= 0.3 is 0 Å². The number of aromatic nitrogens is 1. The highest BCUT2D eigenvalue weighted by Gasteiger charge is 2.27. The van der Waals surface area contributed by atoms with Gasteiger partial charge in [-0.3, -0.25) is 9.78 Å². The van der Waals surface area contributed by atoms with Crippen LogP contribution in [-0.4, -0.2) is 41.6 Å². The Labute approximate surface area is 142 Å². The van der Waals surface area contributed by atoms with Gasteiger partial charge in [0.2, 0.25) is 0 Å². The quantitative estimate of drug-likeness (QED) is 0.912. The highest BCUT2D eigenvalue weighted by molar-refractivity contribution is 5.81. The normalized spacial score (nSPS) is 17.5. The molecular weight excluding hydrogens is 302 g/mol. The predicted octanol–water partition coefficient (Wildman–Crippen LogP) is 1.91. The van der Waals surface area contributed by atoms with E-state index in [-0.39, 0.29) is 5.91 Å². The molecule has 1 aliphatic rings. The zero-order valence-corrected chi connectivity index (χ0v) is 13.9. The lowest BCUT2D eigenvalue weighted by Gasteiger charge is -2.30. The van der Waals surface area contributed by atoms with Crippen molar-refractivity contribution in [3.05, 3.63) is 65.5 Å². The first kappa shape index (κ1) is 16.6. The highest BCUT2D eigenvalue weighted by atomic mass is 16.5. The molecule has 1 fully saturated rings. The highest BCUT2D eigenvalue weighted by Crippen LogP contribution is 2.14. The van der Waals surface area contributed by atoms with Crippen LogP contribution in [0.5, 0.6) is 0 Å². The van der Waals surface area contributed by atoms with Gasteiger partial charge in [-0.15, -0.1) is 0 Å². The summed E-state index contributed by atoms with van der Waals surface area (Å²) in [5.41, 5.74) is 3.11. The Morgan fingerprint density at radius 2 is 2.08 bits per heavy atom. The maximum Gasteiger partial charge on any atom is 0.253 e. The molecule has 0 saturated carbocycles. The summed E-state index contributed by atoms with van der Waals surface area (Å²) in [7, 11) is 0. The first-order chi connectivity index (χ1) is 11.7. The average Bonchev–Trinajstić information content (AvgIpc) is 2.64. The molecule has 126 valence electrons. The minimum absolute atomic E-state index is 0.0103. The van der Waals surface area contributed by atoms with Crippen LogP contribution in [0.4, 0.5) is 0 Å². The van der Waals surface area contributed by atoms with Crippen LogP contribution in [0.25, 0.3) is 0 Å². The third-order valence-electron chi connectivity index (χ3n) is 4.19. The molecule has 3 rings (SSSR count). The minimum atomic E-state index is -0.425. The Kier molecular flexibility index (Phi) is 5.56. The lowest BCUT2D eigenvalue weighted by molar-refractivity contribution is -0.146. The van der Waals surface area contributed by atoms with Gasteiger partial charge < -0.3 is 15.0 Å². The Bertz CT molecular complexity index is 669. The Balaban J connectivity index is 1.79.